The monoisotopic (exact) mass is 382 g/mol. The van der Waals surface area contributed by atoms with Gasteiger partial charge in [0, 0.05) is 11.4 Å². The van der Waals surface area contributed by atoms with Gasteiger partial charge in [0.05, 0.1) is 10.0 Å². The van der Waals surface area contributed by atoms with Gasteiger partial charge in [-0.1, -0.05) is 23.2 Å². The van der Waals surface area contributed by atoms with Gasteiger partial charge in [-0.15, -0.1) is 0 Å². The van der Waals surface area contributed by atoms with E-state index in [4.69, 9.17) is 33.0 Å². The number of carbonyl (C=O) groups is 2. The molecule has 0 spiro atoms. The van der Waals surface area contributed by atoms with Crippen LogP contribution < -0.4 is 15.4 Å². The number of benzene rings is 2. The van der Waals surface area contributed by atoms with Gasteiger partial charge in [-0.05, 0) is 56.3 Å². The summed E-state index contributed by atoms with van der Waals surface area (Å²) in [6.45, 7) is 2.90. The number of urea groups is 1. The second-order valence-electron chi connectivity index (χ2n) is 5.65. The summed E-state index contributed by atoms with van der Waals surface area (Å²) in [7, 11) is 0. The highest BCUT2D eigenvalue weighted by Crippen LogP contribution is 2.25. The van der Waals surface area contributed by atoms with Crippen LogP contribution in [0.3, 0.4) is 0 Å². The number of carbonyl (C=O) groups excluding carboxylic acids is 1. The minimum Gasteiger partial charge on any atom is -0.478 e. The van der Waals surface area contributed by atoms with Gasteiger partial charge < -0.3 is 20.5 Å². The highest BCUT2D eigenvalue weighted by atomic mass is 35.5. The lowest BCUT2D eigenvalue weighted by Gasteiger charge is -2.21. The number of rotatable bonds is 5. The van der Waals surface area contributed by atoms with Crippen LogP contribution in [0.2, 0.25) is 10.0 Å². The van der Waals surface area contributed by atoms with Crippen molar-refractivity contribution in [3.63, 3.8) is 0 Å². The van der Waals surface area contributed by atoms with E-state index in [1.807, 2.05) is 0 Å². The molecule has 6 nitrogen and oxygen atoms in total. The Kier molecular flexibility index (Phi) is 5.77. The van der Waals surface area contributed by atoms with E-state index >= 15 is 0 Å². The van der Waals surface area contributed by atoms with Crippen LogP contribution in [0.1, 0.15) is 13.8 Å². The minimum atomic E-state index is -1.35. The fourth-order valence-corrected chi connectivity index (χ4v) is 2.11. The summed E-state index contributed by atoms with van der Waals surface area (Å²) in [5.41, 5.74) is -0.340. The second-order valence-corrected chi connectivity index (χ2v) is 6.46. The Morgan fingerprint density at radius 1 is 0.960 bits per heavy atom. The first-order valence-corrected chi connectivity index (χ1v) is 7.98. The minimum absolute atomic E-state index is 0.335. The van der Waals surface area contributed by atoms with Crippen LogP contribution in [0.4, 0.5) is 16.2 Å². The third-order valence-corrected chi connectivity index (χ3v) is 3.92. The predicted octanol–water partition coefficient (Wildman–Crippen LogP) is 4.88. The number of halogens is 2. The van der Waals surface area contributed by atoms with Gasteiger partial charge in [0.2, 0.25) is 0 Å². The van der Waals surface area contributed by atoms with E-state index in [1.54, 1.807) is 36.4 Å². The Bertz CT molecular complexity index is 792. The molecule has 0 radical (unpaired) electrons. The molecule has 8 heteroatoms. The van der Waals surface area contributed by atoms with Crippen LogP contribution in [-0.4, -0.2) is 22.7 Å². The highest BCUT2D eigenvalue weighted by molar-refractivity contribution is 6.42. The van der Waals surface area contributed by atoms with Crippen LogP contribution in [-0.2, 0) is 4.79 Å². The number of ether oxygens (including phenoxy) is 1. The molecule has 0 heterocycles. The van der Waals surface area contributed by atoms with Crippen molar-refractivity contribution in [2.24, 2.45) is 0 Å². The zero-order chi connectivity index (χ0) is 18.6. The average molecular weight is 383 g/mol. The average Bonchev–Trinajstić information content (AvgIpc) is 2.52. The molecule has 3 N–H and O–H groups in total. The SMILES string of the molecule is CC(C)(Oc1ccc(NC(=O)Nc2ccc(Cl)c(Cl)c2)cc1)C(=O)O. The fourth-order valence-electron chi connectivity index (χ4n) is 1.81. The number of carboxylic acid groups (broad SMARTS) is 1. The summed E-state index contributed by atoms with van der Waals surface area (Å²) in [4.78, 5) is 23.0. The molecule has 0 saturated heterocycles. The van der Waals surface area contributed by atoms with Gasteiger partial charge >= 0.3 is 12.0 Å². The highest BCUT2D eigenvalue weighted by Gasteiger charge is 2.29. The molecule has 2 amide bonds. The lowest BCUT2D eigenvalue weighted by molar-refractivity contribution is -0.152. The molecule has 0 aliphatic rings. The zero-order valence-electron chi connectivity index (χ0n) is 13.5. The van der Waals surface area contributed by atoms with Gasteiger partial charge in [-0.2, -0.15) is 0 Å². The van der Waals surface area contributed by atoms with Crippen molar-refractivity contribution < 1.29 is 19.4 Å². The summed E-state index contributed by atoms with van der Waals surface area (Å²) in [5.74, 6) is -0.696. The summed E-state index contributed by atoms with van der Waals surface area (Å²) in [6, 6.07) is 10.6. The molecule has 2 aromatic carbocycles. The molecule has 0 saturated carbocycles. The quantitative estimate of drug-likeness (QED) is 0.687. The standard InChI is InChI=1S/C17H16Cl2N2O4/c1-17(2,15(22)23)25-12-6-3-10(4-7-12)20-16(24)21-11-5-8-13(18)14(19)9-11/h3-9H,1-2H3,(H,22,23)(H2,20,21,24). The topological polar surface area (TPSA) is 87.7 Å². The normalized spacial score (nSPS) is 10.9. The Morgan fingerprint density at radius 2 is 1.52 bits per heavy atom. The Morgan fingerprint density at radius 3 is 2.08 bits per heavy atom. The molecule has 132 valence electrons. The van der Waals surface area contributed by atoms with E-state index < -0.39 is 17.6 Å². The van der Waals surface area contributed by atoms with Crippen LogP contribution in [0, 0.1) is 0 Å². The first-order valence-electron chi connectivity index (χ1n) is 7.23. The van der Waals surface area contributed by atoms with Crippen molar-refractivity contribution in [1.82, 2.24) is 0 Å². The molecule has 0 aromatic heterocycles. The van der Waals surface area contributed by atoms with Crippen LogP contribution in [0.25, 0.3) is 0 Å². The maximum Gasteiger partial charge on any atom is 0.347 e. The van der Waals surface area contributed by atoms with Crippen molar-refractivity contribution in [1.29, 1.82) is 0 Å². The number of hydrogen-bond donors (Lipinski definition) is 3. The van der Waals surface area contributed by atoms with Crippen LogP contribution in [0.5, 0.6) is 5.75 Å². The van der Waals surface area contributed by atoms with E-state index in [0.29, 0.717) is 27.2 Å². The zero-order valence-corrected chi connectivity index (χ0v) is 15.0. The molecule has 2 aromatic rings. The molecule has 2 rings (SSSR count). The number of amides is 2. The second kappa shape index (κ2) is 7.63. The lowest BCUT2D eigenvalue weighted by Crippen LogP contribution is -2.37. The van der Waals surface area contributed by atoms with Gasteiger partial charge in [0.1, 0.15) is 5.75 Å². The summed E-state index contributed by atoms with van der Waals surface area (Å²) < 4.78 is 5.39. The lowest BCUT2D eigenvalue weighted by atomic mass is 10.1. The third kappa shape index (κ3) is 5.27. The first-order chi connectivity index (χ1) is 11.7. The molecule has 25 heavy (non-hydrogen) atoms. The van der Waals surface area contributed by atoms with E-state index in [9.17, 15) is 9.59 Å². The maximum absolute atomic E-state index is 12.0. The van der Waals surface area contributed by atoms with E-state index in [1.165, 1.54) is 19.9 Å². The van der Waals surface area contributed by atoms with Crippen LogP contribution >= 0.6 is 23.2 Å². The Hall–Kier alpha value is -2.44. The number of aliphatic carboxylic acids is 1. The van der Waals surface area contributed by atoms with Crippen molar-refractivity contribution >= 4 is 46.6 Å². The molecule has 0 aliphatic carbocycles. The number of nitrogens with one attached hydrogen (secondary N) is 2. The Balaban J connectivity index is 1.97. The largest absolute Gasteiger partial charge is 0.478 e. The van der Waals surface area contributed by atoms with Gasteiger partial charge in [0.25, 0.3) is 0 Å². The summed E-state index contributed by atoms with van der Waals surface area (Å²) >= 11 is 11.7. The predicted molar refractivity (Wildman–Crippen MR) is 97.9 cm³/mol. The van der Waals surface area contributed by atoms with Gasteiger partial charge in [-0.3, -0.25) is 0 Å². The molecule has 0 atom stereocenters. The maximum atomic E-state index is 12.0. The third-order valence-electron chi connectivity index (χ3n) is 3.18. The Labute approximate surface area is 154 Å². The summed E-state index contributed by atoms with van der Waals surface area (Å²) in [5, 5.41) is 15.0. The van der Waals surface area contributed by atoms with E-state index in [2.05, 4.69) is 10.6 Å². The number of carboxylic acids is 1. The van der Waals surface area contributed by atoms with Crippen molar-refractivity contribution in [3.05, 3.63) is 52.5 Å². The smallest absolute Gasteiger partial charge is 0.347 e. The molecular weight excluding hydrogens is 367 g/mol. The number of anilines is 2. The van der Waals surface area contributed by atoms with Crippen molar-refractivity contribution in [2.45, 2.75) is 19.4 Å². The van der Waals surface area contributed by atoms with Gasteiger partial charge in [0.15, 0.2) is 5.60 Å². The van der Waals surface area contributed by atoms with E-state index in [0.717, 1.165) is 0 Å². The molecule has 0 bridgehead atoms. The van der Waals surface area contributed by atoms with Crippen LogP contribution in [0.15, 0.2) is 42.5 Å². The number of hydrogen-bond acceptors (Lipinski definition) is 3. The molecule has 0 unspecified atom stereocenters. The molecular formula is C17H16Cl2N2O4. The summed E-state index contributed by atoms with van der Waals surface area (Å²) in [6.07, 6.45) is 0. The first kappa shape index (κ1) is 18.9. The van der Waals surface area contributed by atoms with Crippen molar-refractivity contribution in [3.8, 4) is 5.75 Å². The van der Waals surface area contributed by atoms with Gasteiger partial charge in [-0.25, -0.2) is 9.59 Å². The fraction of sp³-hybridized carbons (Fsp3) is 0.176. The van der Waals surface area contributed by atoms with E-state index in [-0.39, 0.29) is 0 Å². The van der Waals surface area contributed by atoms with Crippen molar-refractivity contribution in [2.75, 3.05) is 10.6 Å². The molecule has 0 aliphatic heterocycles. The molecule has 0 fully saturated rings.